The van der Waals surface area contributed by atoms with E-state index in [9.17, 15) is 15.0 Å². The predicted octanol–water partition coefficient (Wildman–Crippen LogP) is 1.64. The maximum atomic E-state index is 11.8. The van der Waals surface area contributed by atoms with Crippen molar-refractivity contribution in [2.45, 2.75) is 26.4 Å². The van der Waals surface area contributed by atoms with Gasteiger partial charge in [0.25, 0.3) is 5.91 Å². The van der Waals surface area contributed by atoms with Gasteiger partial charge in [0.15, 0.2) is 0 Å². The largest absolute Gasteiger partial charge is 0.507 e. The van der Waals surface area contributed by atoms with E-state index in [0.29, 0.717) is 13.2 Å². The van der Waals surface area contributed by atoms with Gasteiger partial charge < -0.3 is 20.3 Å². The number of amides is 1. The zero-order chi connectivity index (χ0) is 13.5. The lowest BCUT2D eigenvalue weighted by Crippen LogP contribution is -2.33. The number of hydrogen-bond donors (Lipinski definition) is 3. The van der Waals surface area contributed by atoms with Crippen molar-refractivity contribution in [3.05, 3.63) is 23.8 Å². The Kier molecular flexibility index (Phi) is 5.45. The number of benzene rings is 1. The van der Waals surface area contributed by atoms with Gasteiger partial charge in [-0.3, -0.25) is 4.79 Å². The molecular weight excluding hydrogens is 234 g/mol. The van der Waals surface area contributed by atoms with Gasteiger partial charge in [-0.1, -0.05) is 13.0 Å². The summed E-state index contributed by atoms with van der Waals surface area (Å²) in [6.07, 6.45) is 0.716. The lowest BCUT2D eigenvalue weighted by atomic mass is 10.1. The molecule has 0 saturated heterocycles. The van der Waals surface area contributed by atoms with Crippen LogP contribution >= 0.6 is 0 Å². The normalized spacial score (nSPS) is 12.1. The lowest BCUT2D eigenvalue weighted by Gasteiger charge is -2.16. The molecule has 0 bridgehead atoms. The van der Waals surface area contributed by atoms with E-state index in [1.54, 1.807) is 0 Å². The molecule has 0 aromatic heterocycles. The van der Waals surface area contributed by atoms with Crippen LogP contribution in [0.5, 0.6) is 11.5 Å². The SMILES string of the molecule is CCOC(CC)CNC(=O)c1c(O)cccc1O. The first-order valence-corrected chi connectivity index (χ1v) is 6.00. The van der Waals surface area contributed by atoms with Crippen LogP contribution in [-0.2, 0) is 4.74 Å². The highest BCUT2D eigenvalue weighted by Gasteiger charge is 2.16. The van der Waals surface area contributed by atoms with Gasteiger partial charge in [-0.25, -0.2) is 0 Å². The van der Waals surface area contributed by atoms with E-state index in [1.165, 1.54) is 18.2 Å². The minimum Gasteiger partial charge on any atom is -0.507 e. The first-order chi connectivity index (χ1) is 8.60. The van der Waals surface area contributed by atoms with Crippen molar-refractivity contribution in [3.63, 3.8) is 0 Å². The molecule has 0 aliphatic rings. The Balaban J connectivity index is 2.65. The third-order valence-corrected chi connectivity index (χ3v) is 2.60. The zero-order valence-electron chi connectivity index (χ0n) is 10.6. The first kappa shape index (κ1) is 14.3. The van der Waals surface area contributed by atoms with Gasteiger partial charge in [0.2, 0.25) is 0 Å². The third-order valence-electron chi connectivity index (χ3n) is 2.60. The smallest absolute Gasteiger partial charge is 0.258 e. The van der Waals surface area contributed by atoms with Crippen LogP contribution in [0.25, 0.3) is 0 Å². The fourth-order valence-electron chi connectivity index (χ4n) is 1.61. The fourth-order valence-corrected chi connectivity index (χ4v) is 1.61. The number of ether oxygens (including phenoxy) is 1. The summed E-state index contributed by atoms with van der Waals surface area (Å²) in [5, 5.41) is 21.7. The molecule has 100 valence electrons. The van der Waals surface area contributed by atoms with E-state index < -0.39 is 5.91 Å². The number of phenolic OH excluding ortho intramolecular Hbond substituents is 2. The molecule has 3 N–H and O–H groups in total. The van der Waals surface area contributed by atoms with E-state index in [1.807, 2.05) is 13.8 Å². The van der Waals surface area contributed by atoms with Crippen LogP contribution in [-0.4, -0.2) is 35.4 Å². The Labute approximate surface area is 106 Å². The number of phenols is 2. The Morgan fingerprint density at radius 2 is 1.94 bits per heavy atom. The van der Waals surface area contributed by atoms with Crippen molar-refractivity contribution in [1.82, 2.24) is 5.32 Å². The van der Waals surface area contributed by atoms with Crippen molar-refractivity contribution in [2.75, 3.05) is 13.2 Å². The molecular formula is C13H19NO4. The van der Waals surface area contributed by atoms with E-state index in [2.05, 4.69) is 5.32 Å². The van der Waals surface area contributed by atoms with E-state index in [4.69, 9.17) is 4.74 Å². The summed E-state index contributed by atoms with van der Waals surface area (Å²) >= 11 is 0. The van der Waals surface area contributed by atoms with Crippen molar-refractivity contribution in [3.8, 4) is 11.5 Å². The second-order valence-electron chi connectivity index (χ2n) is 3.87. The highest BCUT2D eigenvalue weighted by atomic mass is 16.5. The summed E-state index contributed by atoms with van der Waals surface area (Å²) in [6, 6.07) is 4.18. The number of hydrogen-bond acceptors (Lipinski definition) is 4. The standard InChI is InChI=1S/C13H19NO4/c1-3-9(18-4-2)8-14-13(17)12-10(15)6-5-7-11(12)16/h5-7,9,15-16H,3-4,8H2,1-2H3,(H,14,17). The molecule has 1 atom stereocenters. The van der Waals surface area contributed by atoms with Crippen molar-refractivity contribution < 1.29 is 19.7 Å². The molecule has 5 heteroatoms. The number of aromatic hydroxyl groups is 2. The van der Waals surface area contributed by atoms with Crippen molar-refractivity contribution in [2.24, 2.45) is 0 Å². The molecule has 5 nitrogen and oxygen atoms in total. The van der Waals surface area contributed by atoms with Gasteiger partial charge in [-0.05, 0) is 25.5 Å². The van der Waals surface area contributed by atoms with Gasteiger partial charge in [-0.2, -0.15) is 0 Å². The maximum Gasteiger partial charge on any atom is 0.258 e. The van der Waals surface area contributed by atoms with Gasteiger partial charge in [0.05, 0.1) is 6.10 Å². The Morgan fingerprint density at radius 3 is 2.44 bits per heavy atom. The van der Waals surface area contributed by atoms with Crippen LogP contribution in [0.15, 0.2) is 18.2 Å². The average Bonchev–Trinajstić information content (AvgIpc) is 2.34. The van der Waals surface area contributed by atoms with E-state index in [-0.39, 0.29) is 23.2 Å². The van der Waals surface area contributed by atoms with Crippen LogP contribution in [0.2, 0.25) is 0 Å². The molecule has 0 heterocycles. The van der Waals surface area contributed by atoms with E-state index in [0.717, 1.165) is 6.42 Å². The fraction of sp³-hybridized carbons (Fsp3) is 0.462. The van der Waals surface area contributed by atoms with Crippen LogP contribution < -0.4 is 5.32 Å². The summed E-state index contributed by atoms with van der Waals surface area (Å²) in [7, 11) is 0. The van der Waals surface area contributed by atoms with Gasteiger partial charge in [0.1, 0.15) is 17.1 Å². The van der Waals surface area contributed by atoms with Gasteiger partial charge in [-0.15, -0.1) is 0 Å². The van der Waals surface area contributed by atoms with Crippen LogP contribution in [0.3, 0.4) is 0 Å². The number of rotatable bonds is 6. The molecule has 0 radical (unpaired) electrons. The predicted molar refractivity (Wildman–Crippen MR) is 67.8 cm³/mol. The van der Waals surface area contributed by atoms with Crippen molar-refractivity contribution >= 4 is 5.91 Å². The summed E-state index contributed by atoms with van der Waals surface area (Å²) in [6.45, 7) is 4.77. The molecule has 1 unspecified atom stereocenters. The minimum absolute atomic E-state index is 0.0630. The first-order valence-electron chi connectivity index (χ1n) is 6.00. The molecule has 1 aromatic rings. The third kappa shape index (κ3) is 3.63. The summed E-state index contributed by atoms with van der Waals surface area (Å²) in [5.41, 5.74) is -0.108. The second kappa shape index (κ2) is 6.86. The topological polar surface area (TPSA) is 78.8 Å². The van der Waals surface area contributed by atoms with Gasteiger partial charge in [0, 0.05) is 13.2 Å². The molecule has 1 aromatic carbocycles. The summed E-state index contributed by atoms with van der Waals surface area (Å²) < 4.78 is 5.40. The number of carbonyl (C=O) groups excluding carboxylic acids is 1. The highest BCUT2D eigenvalue weighted by Crippen LogP contribution is 2.25. The average molecular weight is 253 g/mol. The number of carbonyl (C=O) groups is 1. The lowest BCUT2D eigenvalue weighted by molar-refractivity contribution is 0.0567. The van der Waals surface area contributed by atoms with E-state index >= 15 is 0 Å². The van der Waals surface area contributed by atoms with Gasteiger partial charge >= 0.3 is 0 Å². The molecule has 1 rings (SSSR count). The number of nitrogens with one attached hydrogen (secondary N) is 1. The quantitative estimate of drug-likeness (QED) is 0.720. The zero-order valence-corrected chi connectivity index (χ0v) is 10.6. The summed E-state index contributed by atoms with van der Waals surface area (Å²) in [5.74, 6) is -0.988. The van der Waals surface area contributed by atoms with Crippen LogP contribution in [0.4, 0.5) is 0 Å². The molecule has 18 heavy (non-hydrogen) atoms. The molecule has 0 aliphatic carbocycles. The maximum absolute atomic E-state index is 11.8. The Morgan fingerprint density at radius 1 is 1.33 bits per heavy atom. The minimum atomic E-state index is -0.510. The molecule has 1 amide bonds. The second-order valence-corrected chi connectivity index (χ2v) is 3.87. The van der Waals surface area contributed by atoms with Crippen LogP contribution in [0.1, 0.15) is 30.6 Å². The molecule has 0 fully saturated rings. The monoisotopic (exact) mass is 253 g/mol. The highest BCUT2D eigenvalue weighted by molar-refractivity contribution is 5.99. The Hall–Kier alpha value is -1.75. The van der Waals surface area contributed by atoms with Crippen LogP contribution in [0, 0.1) is 0 Å². The summed E-state index contributed by atoms with van der Waals surface area (Å²) in [4.78, 5) is 11.8. The van der Waals surface area contributed by atoms with Crippen molar-refractivity contribution in [1.29, 1.82) is 0 Å². The molecule has 0 spiro atoms. The molecule has 0 aliphatic heterocycles. The molecule has 0 saturated carbocycles. The Bertz CT molecular complexity index is 386.